The number of hydrogen-bond donors (Lipinski definition) is 5. The van der Waals surface area contributed by atoms with E-state index in [1.807, 2.05) is 32.7 Å². The number of benzene rings is 1. The third-order valence-corrected chi connectivity index (χ3v) is 9.04. The summed E-state index contributed by atoms with van der Waals surface area (Å²) in [7, 11) is 4.88. The Kier molecular flexibility index (Phi) is 9.70. The number of ketones is 2. The molecule has 1 saturated carbocycles. The van der Waals surface area contributed by atoms with E-state index in [-0.39, 0.29) is 72.0 Å². The maximum Gasteiger partial charge on any atom is 0.255 e. The molecule has 0 heterocycles. The zero-order valence-corrected chi connectivity index (χ0v) is 25.5. The second-order valence-electron chi connectivity index (χ2n) is 11.7. The van der Waals surface area contributed by atoms with E-state index in [0.717, 1.165) is 6.42 Å². The van der Waals surface area contributed by atoms with Gasteiger partial charge in [-0.25, -0.2) is 4.39 Å². The average molecular weight is 619 g/mol. The fraction of sp³-hybridized carbons (Fsp3) is 0.536. The molecule has 3 aliphatic rings. The number of carbonyl (C=O) groups is 3. The van der Waals surface area contributed by atoms with Gasteiger partial charge in [-0.2, -0.15) is 0 Å². The number of carbonyl (C=O) groups excluding carboxylic acids is 3. The Labute approximate surface area is 250 Å². The summed E-state index contributed by atoms with van der Waals surface area (Å²) in [5, 5.41) is 44.6. The van der Waals surface area contributed by atoms with Crippen LogP contribution in [0.3, 0.4) is 0 Å². The molecule has 1 amide bonds. The van der Waals surface area contributed by atoms with E-state index in [0.29, 0.717) is 0 Å². The van der Waals surface area contributed by atoms with Gasteiger partial charge in [-0.05, 0) is 66.2 Å². The van der Waals surface area contributed by atoms with Gasteiger partial charge in [-0.15, -0.1) is 24.8 Å². The molecule has 6 N–H and O–H groups in total. The molecule has 0 radical (unpaired) electrons. The Morgan fingerprint density at radius 3 is 2.27 bits per heavy atom. The van der Waals surface area contributed by atoms with Gasteiger partial charge < -0.3 is 26.2 Å². The van der Waals surface area contributed by atoms with Crippen molar-refractivity contribution in [3.63, 3.8) is 0 Å². The minimum absolute atomic E-state index is 0. The number of amides is 1. The molecule has 1 fully saturated rings. The fourth-order valence-electron chi connectivity index (χ4n) is 6.20. The van der Waals surface area contributed by atoms with Gasteiger partial charge in [0.05, 0.1) is 11.6 Å². The number of aromatic hydroxyl groups is 1. The summed E-state index contributed by atoms with van der Waals surface area (Å²) >= 11 is 0. The maximum absolute atomic E-state index is 15.9. The van der Waals surface area contributed by atoms with E-state index in [2.05, 4.69) is 0 Å². The highest BCUT2D eigenvalue weighted by Gasteiger charge is 2.64. The monoisotopic (exact) mass is 617 g/mol. The number of nitrogens with zero attached hydrogens (tertiary/aromatic N) is 2. The summed E-state index contributed by atoms with van der Waals surface area (Å²) < 4.78 is 15.9. The fourth-order valence-corrected chi connectivity index (χ4v) is 6.20. The van der Waals surface area contributed by atoms with Gasteiger partial charge in [0.1, 0.15) is 28.7 Å². The lowest BCUT2D eigenvalue weighted by Gasteiger charge is -2.50. The molecule has 0 spiro atoms. The summed E-state index contributed by atoms with van der Waals surface area (Å²) in [6.45, 7) is 6.22. The minimum atomic E-state index is -2.73. The van der Waals surface area contributed by atoms with Crippen molar-refractivity contribution < 1.29 is 39.2 Å². The molecule has 1 aromatic carbocycles. The lowest BCUT2D eigenvalue weighted by molar-refractivity contribution is -0.153. The molecule has 0 aliphatic heterocycles. The molecule has 0 unspecified atom stereocenters. The van der Waals surface area contributed by atoms with E-state index in [1.54, 1.807) is 0 Å². The zero-order valence-electron chi connectivity index (χ0n) is 23.8. The van der Waals surface area contributed by atoms with Crippen molar-refractivity contribution in [3.05, 3.63) is 45.5 Å². The van der Waals surface area contributed by atoms with Gasteiger partial charge >= 0.3 is 0 Å². The van der Waals surface area contributed by atoms with Crippen molar-refractivity contribution in [2.24, 2.45) is 17.6 Å². The van der Waals surface area contributed by atoms with Crippen molar-refractivity contribution >= 4 is 48.0 Å². The van der Waals surface area contributed by atoms with Crippen molar-refractivity contribution in [2.45, 2.75) is 63.8 Å². The topological polar surface area (TPSA) is 165 Å². The van der Waals surface area contributed by atoms with E-state index in [1.165, 1.54) is 25.1 Å². The number of hydrogen-bond acceptors (Lipinski definition) is 9. The molecule has 0 aromatic heterocycles. The molecule has 1 aromatic rings. The predicted molar refractivity (Wildman–Crippen MR) is 155 cm³/mol. The number of Topliss-reactive ketones (excluding diaryl/α,β-unsaturated/α-hetero) is 2. The molecule has 41 heavy (non-hydrogen) atoms. The Bertz CT molecular complexity index is 1360. The highest BCUT2D eigenvalue weighted by atomic mass is 35.5. The predicted octanol–water partition coefficient (Wildman–Crippen LogP) is 2.57. The zero-order chi connectivity index (χ0) is 29.4. The van der Waals surface area contributed by atoms with Crippen LogP contribution in [0.15, 0.2) is 23.0 Å². The molecule has 4 atom stereocenters. The lowest BCUT2D eigenvalue weighted by Crippen LogP contribution is -2.65. The van der Waals surface area contributed by atoms with E-state index in [9.17, 15) is 34.8 Å². The number of likely N-dealkylation sites (N-methyl/N-ethyl adjacent to an activating group) is 1. The molecule has 0 saturated heterocycles. The smallest absolute Gasteiger partial charge is 0.255 e. The number of nitrogens with two attached hydrogens (primary N) is 1. The third kappa shape index (κ3) is 5.01. The van der Waals surface area contributed by atoms with E-state index < -0.39 is 69.6 Å². The summed E-state index contributed by atoms with van der Waals surface area (Å²) in [5.41, 5.74) is 1.14. The Balaban J connectivity index is 0.00000294. The van der Waals surface area contributed by atoms with Crippen molar-refractivity contribution in [3.8, 4) is 5.75 Å². The maximum atomic E-state index is 15.9. The molecular weight excluding hydrogens is 580 g/mol. The number of aliphatic hydroxyl groups is 3. The van der Waals surface area contributed by atoms with Crippen molar-refractivity contribution in [2.75, 3.05) is 21.1 Å². The highest BCUT2D eigenvalue weighted by Crippen LogP contribution is 2.53. The summed E-state index contributed by atoms with van der Waals surface area (Å²) in [4.78, 5) is 42.4. The van der Waals surface area contributed by atoms with Crippen LogP contribution in [0.1, 0.15) is 50.3 Å². The van der Waals surface area contributed by atoms with E-state index >= 15 is 4.39 Å². The van der Waals surface area contributed by atoms with Crippen LogP contribution in [0.2, 0.25) is 0 Å². The largest absolute Gasteiger partial charge is 0.508 e. The van der Waals surface area contributed by atoms with Gasteiger partial charge in [0, 0.05) is 34.7 Å². The second kappa shape index (κ2) is 11.5. The first-order valence-corrected chi connectivity index (χ1v) is 12.9. The number of halogens is 3. The highest BCUT2D eigenvalue weighted by molar-refractivity contribution is 6.24. The first-order valence-electron chi connectivity index (χ1n) is 12.9. The van der Waals surface area contributed by atoms with Crippen LogP contribution >= 0.6 is 24.8 Å². The molecule has 3 aliphatic carbocycles. The van der Waals surface area contributed by atoms with Gasteiger partial charge in [0.2, 0.25) is 5.78 Å². The number of rotatable bonds is 6. The Morgan fingerprint density at radius 2 is 1.76 bits per heavy atom. The molecule has 4 rings (SSSR count). The van der Waals surface area contributed by atoms with Crippen LogP contribution in [0.25, 0.3) is 5.76 Å². The third-order valence-electron chi connectivity index (χ3n) is 9.04. The quantitative estimate of drug-likeness (QED) is 0.302. The summed E-state index contributed by atoms with van der Waals surface area (Å²) in [5.74, 6) is -8.25. The molecule has 0 bridgehead atoms. The van der Waals surface area contributed by atoms with Crippen LogP contribution in [-0.4, -0.2) is 86.0 Å². The molecule has 10 nitrogen and oxygen atoms in total. The van der Waals surface area contributed by atoms with Crippen LogP contribution in [0.4, 0.5) is 4.39 Å². The number of phenols is 1. The number of phenolic OH excluding ortho intramolecular Hbond substituents is 1. The van der Waals surface area contributed by atoms with Crippen LogP contribution < -0.4 is 5.73 Å². The summed E-state index contributed by atoms with van der Waals surface area (Å²) in [6.07, 6.45) is 0.607. The SMILES string of the molecule is CCC(C)(C)N(C)Cc1cc(O)c2c(c1F)C[C@H]1C[C@H]3[C@H](N(C)C)C(=O)C(C(N)=O)=C(O)[C@@]3(O)C(=O)C1=C2O.Cl.Cl. The van der Waals surface area contributed by atoms with Crippen LogP contribution in [0.5, 0.6) is 5.75 Å². The molecular formula is C28H38Cl2FN3O7. The van der Waals surface area contributed by atoms with E-state index in [4.69, 9.17) is 5.73 Å². The number of aliphatic hydroxyl groups excluding tert-OH is 2. The summed E-state index contributed by atoms with van der Waals surface area (Å²) in [6, 6.07) is 0.0133. The first-order chi connectivity index (χ1) is 18.0. The van der Waals surface area contributed by atoms with Gasteiger partial charge in [-0.3, -0.25) is 24.2 Å². The standard InChI is InChI=1S/C28H36FN3O7.2ClH/c1-7-27(2,3)32(6)11-13-10-16(33)18-14(20(13)29)8-12-9-15-21(31(4)5)23(35)19(26(30)38)25(37)28(15,39)24(36)17(12)22(18)34;;/h10,12,15,21,33-34,37,39H,7-9,11H2,1-6H3,(H2,30,38);2*1H/t12-,15-,21-,28-;;/m0../s1. The van der Waals surface area contributed by atoms with Gasteiger partial charge in [0.25, 0.3) is 5.91 Å². The van der Waals surface area contributed by atoms with Crippen LogP contribution in [0, 0.1) is 17.7 Å². The normalized spacial score (nSPS) is 25.9. The second-order valence-corrected chi connectivity index (χ2v) is 11.7. The van der Waals surface area contributed by atoms with Crippen molar-refractivity contribution in [1.29, 1.82) is 0 Å². The van der Waals surface area contributed by atoms with Gasteiger partial charge in [-0.1, -0.05) is 6.92 Å². The average Bonchev–Trinajstić information content (AvgIpc) is 2.83. The Morgan fingerprint density at radius 1 is 1.17 bits per heavy atom. The van der Waals surface area contributed by atoms with Crippen molar-refractivity contribution in [1.82, 2.24) is 9.80 Å². The van der Waals surface area contributed by atoms with Crippen LogP contribution in [-0.2, 0) is 27.3 Å². The Hall–Kier alpha value is -2.70. The number of primary amides is 1. The molecule has 228 valence electrons. The first kappa shape index (κ1) is 34.5. The van der Waals surface area contributed by atoms with Gasteiger partial charge in [0.15, 0.2) is 11.4 Å². The molecule has 13 heteroatoms. The number of fused-ring (bicyclic) bond motifs is 3. The minimum Gasteiger partial charge on any atom is -0.508 e. The lowest BCUT2D eigenvalue weighted by atomic mass is 9.57.